The fourth-order valence-corrected chi connectivity index (χ4v) is 1.62. The van der Waals surface area contributed by atoms with E-state index in [-0.39, 0.29) is 5.75 Å². The number of phenolic OH excluding ortho intramolecular Hbond substituents is 1. The Hall–Kier alpha value is -2.30. The van der Waals surface area contributed by atoms with Crippen LogP contribution in [0.2, 0.25) is 0 Å². The predicted molar refractivity (Wildman–Crippen MR) is 70.8 cm³/mol. The minimum atomic E-state index is -0.506. The van der Waals surface area contributed by atoms with Crippen molar-refractivity contribution in [2.75, 3.05) is 11.9 Å². The lowest BCUT2D eigenvalue weighted by Gasteiger charge is -2.10. The molecule has 100 valence electrons. The Morgan fingerprint density at radius 2 is 2.16 bits per heavy atom. The van der Waals surface area contributed by atoms with Gasteiger partial charge in [-0.15, -0.1) is 0 Å². The molecule has 0 radical (unpaired) electrons. The van der Waals surface area contributed by atoms with E-state index in [1.165, 1.54) is 12.3 Å². The molecule has 0 aliphatic carbocycles. The standard InChI is InChI=1S/C14H15FN2O2/c1-2-19-13-7-10(3-5-12(13)18)8-16-11-4-6-14(15)17-9-11/h3-7,9,16,18H,2,8H2,1H3. The molecule has 2 N–H and O–H groups in total. The van der Waals surface area contributed by atoms with Gasteiger partial charge in [-0.05, 0) is 36.8 Å². The van der Waals surface area contributed by atoms with Crippen molar-refractivity contribution in [3.63, 3.8) is 0 Å². The van der Waals surface area contributed by atoms with E-state index in [9.17, 15) is 9.50 Å². The van der Waals surface area contributed by atoms with E-state index in [4.69, 9.17) is 4.74 Å². The zero-order chi connectivity index (χ0) is 13.7. The molecule has 0 saturated heterocycles. The summed E-state index contributed by atoms with van der Waals surface area (Å²) in [4.78, 5) is 3.56. The van der Waals surface area contributed by atoms with Gasteiger partial charge in [-0.1, -0.05) is 6.07 Å². The largest absolute Gasteiger partial charge is 0.504 e. The monoisotopic (exact) mass is 262 g/mol. The molecule has 2 rings (SSSR count). The molecule has 0 aliphatic rings. The zero-order valence-electron chi connectivity index (χ0n) is 10.6. The van der Waals surface area contributed by atoms with Gasteiger partial charge in [0.1, 0.15) is 0 Å². The lowest BCUT2D eigenvalue weighted by atomic mass is 10.2. The number of phenols is 1. The molecule has 0 unspecified atom stereocenters. The SMILES string of the molecule is CCOc1cc(CNc2ccc(F)nc2)ccc1O. The van der Waals surface area contributed by atoms with E-state index in [0.717, 1.165) is 11.3 Å². The average molecular weight is 262 g/mol. The van der Waals surface area contributed by atoms with E-state index in [2.05, 4.69) is 10.3 Å². The van der Waals surface area contributed by atoms with Crippen LogP contribution in [-0.2, 0) is 6.54 Å². The highest BCUT2D eigenvalue weighted by Crippen LogP contribution is 2.27. The summed E-state index contributed by atoms with van der Waals surface area (Å²) in [5.41, 5.74) is 1.68. The highest BCUT2D eigenvalue weighted by atomic mass is 19.1. The first-order valence-corrected chi connectivity index (χ1v) is 5.99. The van der Waals surface area contributed by atoms with Crippen molar-refractivity contribution in [2.45, 2.75) is 13.5 Å². The highest BCUT2D eigenvalue weighted by molar-refractivity contribution is 5.45. The molecule has 0 aliphatic heterocycles. The van der Waals surface area contributed by atoms with Crippen LogP contribution in [0.1, 0.15) is 12.5 Å². The Morgan fingerprint density at radius 1 is 1.32 bits per heavy atom. The van der Waals surface area contributed by atoms with Crippen LogP contribution in [0.3, 0.4) is 0 Å². The molecular weight excluding hydrogens is 247 g/mol. The van der Waals surface area contributed by atoms with Gasteiger partial charge in [0.15, 0.2) is 11.5 Å². The summed E-state index contributed by atoms with van der Waals surface area (Å²) in [6.45, 7) is 2.88. The van der Waals surface area contributed by atoms with Crippen LogP contribution in [0.25, 0.3) is 0 Å². The number of halogens is 1. The lowest BCUT2D eigenvalue weighted by Crippen LogP contribution is -2.01. The zero-order valence-corrected chi connectivity index (χ0v) is 10.6. The van der Waals surface area contributed by atoms with Gasteiger partial charge in [-0.3, -0.25) is 0 Å². The van der Waals surface area contributed by atoms with E-state index in [1.54, 1.807) is 24.3 Å². The van der Waals surface area contributed by atoms with Crippen molar-refractivity contribution in [2.24, 2.45) is 0 Å². The van der Waals surface area contributed by atoms with Gasteiger partial charge in [0, 0.05) is 6.54 Å². The number of pyridine rings is 1. The second kappa shape index (κ2) is 6.04. The highest BCUT2D eigenvalue weighted by Gasteiger charge is 2.03. The molecule has 2 aromatic rings. The first-order chi connectivity index (χ1) is 9.19. The molecule has 0 atom stereocenters. The van der Waals surface area contributed by atoms with Crippen molar-refractivity contribution in [3.05, 3.63) is 48.0 Å². The molecule has 1 aromatic heterocycles. The predicted octanol–water partition coefficient (Wildman–Crippen LogP) is 2.94. The summed E-state index contributed by atoms with van der Waals surface area (Å²) in [6.07, 6.45) is 1.43. The van der Waals surface area contributed by atoms with Crippen molar-refractivity contribution in [3.8, 4) is 11.5 Å². The van der Waals surface area contributed by atoms with Crippen LogP contribution in [0.5, 0.6) is 11.5 Å². The minimum Gasteiger partial charge on any atom is -0.504 e. The Bertz CT molecular complexity index is 544. The molecule has 0 spiro atoms. The number of rotatable bonds is 5. The number of anilines is 1. The maximum absolute atomic E-state index is 12.6. The third-order valence-corrected chi connectivity index (χ3v) is 2.55. The van der Waals surface area contributed by atoms with Crippen LogP contribution < -0.4 is 10.1 Å². The van der Waals surface area contributed by atoms with Crippen molar-refractivity contribution < 1.29 is 14.2 Å². The Balaban J connectivity index is 2.03. The summed E-state index contributed by atoms with van der Waals surface area (Å²) in [5.74, 6) is 0.0712. The van der Waals surface area contributed by atoms with Crippen molar-refractivity contribution in [1.29, 1.82) is 0 Å². The number of nitrogens with one attached hydrogen (secondary N) is 1. The van der Waals surface area contributed by atoms with Crippen LogP contribution in [-0.4, -0.2) is 16.7 Å². The van der Waals surface area contributed by atoms with E-state index in [1.807, 2.05) is 6.92 Å². The topological polar surface area (TPSA) is 54.4 Å². The molecule has 19 heavy (non-hydrogen) atoms. The quantitative estimate of drug-likeness (QED) is 0.813. The van der Waals surface area contributed by atoms with Crippen LogP contribution in [0.4, 0.5) is 10.1 Å². The first kappa shape index (κ1) is 13.1. The molecule has 4 nitrogen and oxygen atoms in total. The summed E-state index contributed by atoms with van der Waals surface area (Å²) in [6, 6.07) is 8.06. The first-order valence-electron chi connectivity index (χ1n) is 5.99. The average Bonchev–Trinajstić information content (AvgIpc) is 2.42. The summed E-state index contributed by atoms with van der Waals surface area (Å²) in [7, 11) is 0. The molecule has 0 amide bonds. The fraction of sp³-hybridized carbons (Fsp3) is 0.214. The van der Waals surface area contributed by atoms with Gasteiger partial charge in [0.05, 0.1) is 18.5 Å². The normalized spacial score (nSPS) is 10.2. The third-order valence-electron chi connectivity index (χ3n) is 2.55. The molecule has 0 bridgehead atoms. The number of hydrogen-bond acceptors (Lipinski definition) is 4. The minimum absolute atomic E-state index is 0.119. The molecule has 0 saturated carbocycles. The summed E-state index contributed by atoms with van der Waals surface area (Å²) < 4.78 is 18.0. The molecular formula is C14H15FN2O2. The molecule has 0 fully saturated rings. The number of benzene rings is 1. The van der Waals surface area contributed by atoms with E-state index < -0.39 is 5.95 Å². The van der Waals surface area contributed by atoms with E-state index >= 15 is 0 Å². The number of hydrogen-bond donors (Lipinski definition) is 2. The number of aromatic hydroxyl groups is 1. The molecule has 5 heteroatoms. The van der Waals surface area contributed by atoms with Crippen molar-refractivity contribution >= 4 is 5.69 Å². The Morgan fingerprint density at radius 3 is 2.84 bits per heavy atom. The van der Waals surface area contributed by atoms with Gasteiger partial charge < -0.3 is 15.2 Å². The number of aromatic nitrogens is 1. The van der Waals surface area contributed by atoms with Gasteiger partial charge >= 0.3 is 0 Å². The second-order valence-corrected chi connectivity index (χ2v) is 3.96. The second-order valence-electron chi connectivity index (χ2n) is 3.96. The maximum Gasteiger partial charge on any atom is 0.212 e. The van der Waals surface area contributed by atoms with Gasteiger partial charge in [0.2, 0.25) is 5.95 Å². The summed E-state index contributed by atoms with van der Waals surface area (Å²) in [5, 5.41) is 12.7. The van der Waals surface area contributed by atoms with E-state index in [0.29, 0.717) is 18.9 Å². The molecule has 1 aromatic carbocycles. The van der Waals surface area contributed by atoms with Crippen LogP contribution >= 0.6 is 0 Å². The fourth-order valence-electron chi connectivity index (χ4n) is 1.62. The lowest BCUT2D eigenvalue weighted by molar-refractivity contribution is 0.318. The maximum atomic E-state index is 12.6. The van der Waals surface area contributed by atoms with Gasteiger partial charge in [-0.25, -0.2) is 4.98 Å². The van der Waals surface area contributed by atoms with Crippen LogP contribution in [0.15, 0.2) is 36.5 Å². The van der Waals surface area contributed by atoms with Gasteiger partial charge in [-0.2, -0.15) is 4.39 Å². The third kappa shape index (κ3) is 3.58. The molecule has 1 heterocycles. The Labute approximate surface area is 110 Å². The number of nitrogens with zero attached hydrogens (tertiary/aromatic N) is 1. The summed E-state index contributed by atoms with van der Waals surface area (Å²) >= 11 is 0. The van der Waals surface area contributed by atoms with Gasteiger partial charge in [0.25, 0.3) is 0 Å². The Kier molecular flexibility index (Phi) is 4.18. The van der Waals surface area contributed by atoms with Crippen molar-refractivity contribution in [1.82, 2.24) is 4.98 Å². The number of ether oxygens (including phenoxy) is 1. The smallest absolute Gasteiger partial charge is 0.212 e. The van der Waals surface area contributed by atoms with Crippen LogP contribution in [0, 0.1) is 5.95 Å².